The van der Waals surface area contributed by atoms with Gasteiger partial charge in [-0.3, -0.25) is 0 Å². The van der Waals surface area contributed by atoms with Crippen molar-refractivity contribution < 1.29 is 8.98 Å². The molecule has 4 heteroatoms. The first-order valence-corrected chi connectivity index (χ1v) is 11.4. The van der Waals surface area contributed by atoms with Crippen molar-refractivity contribution in [3.8, 4) is 17.1 Å². The number of nitrogens with zero attached hydrogens (tertiary/aromatic N) is 3. The van der Waals surface area contributed by atoms with Gasteiger partial charge in [-0.1, -0.05) is 68.8 Å². The average Bonchev–Trinajstić information content (AvgIpc) is 3.32. The summed E-state index contributed by atoms with van der Waals surface area (Å²) in [6.07, 6.45) is 1.90. The summed E-state index contributed by atoms with van der Waals surface area (Å²) >= 11 is 0. The summed E-state index contributed by atoms with van der Waals surface area (Å²) in [4.78, 5) is 0. The van der Waals surface area contributed by atoms with Crippen molar-refractivity contribution >= 4 is 21.9 Å². The molecule has 0 aliphatic heterocycles. The Morgan fingerprint density at radius 3 is 2.34 bits per heavy atom. The van der Waals surface area contributed by atoms with Crippen LogP contribution >= 0.6 is 0 Å². The molecule has 0 saturated carbocycles. The number of furan rings is 1. The summed E-state index contributed by atoms with van der Waals surface area (Å²) in [5, 5.41) is 7.24. The van der Waals surface area contributed by atoms with E-state index in [0.29, 0.717) is 5.92 Å². The molecule has 0 atom stereocenters. The maximum absolute atomic E-state index is 6.47. The molecule has 0 bridgehead atoms. The average molecular weight is 425 g/mol. The van der Waals surface area contributed by atoms with E-state index in [-0.39, 0.29) is 5.92 Å². The molecule has 162 valence electrons. The van der Waals surface area contributed by atoms with E-state index < -0.39 is 0 Å². The highest BCUT2D eigenvalue weighted by atomic mass is 16.3. The lowest BCUT2D eigenvalue weighted by atomic mass is 9.90. The highest BCUT2D eigenvalue weighted by Crippen LogP contribution is 2.42. The Morgan fingerprint density at radius 2 is 1.62 bits per heavy atom. The smallest absolute Gasteiger partial charge is 0.273 e. The van der Waals surface area contributed by atoms with E-state index in [1.165, 1.54) is 33.0 Å². The Labute approximate surface area is 189 Å². The third-order valence-corrected chi connectivity index (χ3v) is 6.38. The zero-order valence-electron chi connectivity index (χ0n) is 19.7. The fraction of sp³-hybridized carbons (Fsp3) is 0.286. The molecule has 0 radical (unpaired) electrons. The van der Waals surface area contributed by atoms with Gasteiger partial charge in [-0.15, -0.1) is 0 Å². The minimum Gasteiger partial charge on any atom is -0.456 e. The number of para-hydroxylation sites is 1. The predicted octanol–water partition coefficient (Wildman–Crippen LogP) is 6.82. The number of benzene rings is 3. The number of fused-ring (bicyclic) bond motifs is 3. The van der Waals surface area contributed by atoms with Crippen LogP contribution in [0.3, 0.4) is 0 Å². The summed E-state index contributed by atoms with van der Waals surface area (Å²) in [7, 11) is 2.06. The van der Waals surface area contributed by atoms with E-state index >= 15 is 0 Å². The third-order valence-electron chi connectivity index (χ3n) is 6.38. The van der Waals surface area contributed by atoms with Gasteiger partial charge < -0.3 is 4.42 Å². The topological polar surface area (TPSA) is 34.8 Å². The monoisotopic (exact) mass is 424 g/mol. The molecular weight excluding hydrogens is 394 g/mol. The van der Waals surface area contributed by atoms with Crippen LogP contribution in [0.4, 0.5) is 0 Å². The Balaban J connectivity index is 1.94. The van der Waals surface area contributed by atoms with Gasteiger partial charge in [-0.2, -0.15) is 0 Å². The number of aryl methyl sites for hydroxylation is 2. The molecule has 0 N–H and O–H groups in total. The van der Waals surface area contributed by atoms with Gasteiger partial charge in [0.25, 0.3) is 12.2 Å². The fourth-order valence-corrected chi connectivity index (χ4v) is 4.79. The van der Waals surface area contributed by atoms with E-state index in [4.69, 9.17) is 9.52 Å². The SMILES string of the molecule is Cc1ccccc1-c1n(-c2c(C(C)C)cc3c(oc4ccccc43)c2C(C)C)nc[n+]1C. The molecule has 0 spiro atoms. The summed E-state index contributed by atoms with van der Waals surface area (Å²) < 4.78 is 10.7. The van der Waals surface area contributed by atoms with E-state index in [0.717, 1.165) is 22.7 Å². The highest BCUT2D eigenvalue weighted by Gasteiger charge is 2.31. The van der Waals surface area contributed by atoms with Crippen molar-refractivity contribution in [2.75, 3.05) is 0 Å². The molecule has 2 aromatic heterocycles. The van der Waals surface area contributed by atoms with Crippen molar-refractivity contribution in [1.82, 2.24) is 9.78 Å². The molecule has 3 aromatic carbocycles. The molecule has 5 aromatic rings. The summed E-state index contributed by atoms with van der Waals surface area (Å²) in [6, 6.07) is 19.1. The predicted molar refractivity (Wildman–Crippen MR) is 130 cm³/mol. The maximum atomic E-state index is 6.47. The van der Waals surface area contributed by atoms with Crippen molar-refractivity contribution in [3.63, 3.8) is 0 Å². The maximum Gasteiger partial charge on any atom is 0.273 e. The van der Waals surface area contributed by atoms with Crippen LogP contribution in [-0.2, 0) is 7.05 Å². The molecule has 0 saturated heterocycles. The normalized spacial score (nSPS) is 12.0. The lowest BCUT2D eigenvalue weighted by Gasteiger charge is -2.18. The van der Waals surface area contributed by atoms with Crippen LogP contribution in [0.25, 0.3) is 39.0 Å². The Bertz CT molecular complexity index is 1450. The number of rotatable bonds is 4. The molecule has 32 heavy (non-hydrogen) atoms. The van der Waals surface area contributed by atoms with Crippen molar-refractivity contribution in [2.24, 2.45) is 7.05 Å². The first-order chi connectivity index (χ1) is 15.4. The molecule has 0 fully saturated rings. The van der Waals surface area contributed by atoms with Crippen LogP contribution in [0, 0.1) is 6.92 Å². The van der Waals surface area contributed by atoms with Gasteiger partial charge in [0, 0.05) is 21.4 Å². The van der Waals surface area contributed by atoms with Crippen LogP contribution in [0.2, 0.25) is 0 Å². The van der Waals surface area contributed by atoms with Crippen molar-refractivity contribution in [2.45, 2.75) is 46.5 Å². The lowest BCUT2D eigenvalue weighted by Crippen LogP contribution is -2.29. The standard InChI is InChI=1S/C28H30N3O/c1-17(2)22-15-23-21-13-9-10-14-24(21)32-27(23)25(18(3)4)26(22)31-28(30(6)16-29-31)20-12-8-7-11-19(20)5/h7-18H,1-6H3/q+1. The molecule has 0 amide bonds. The van der Waals surface area contributed by atoms with Gasteiger partial charge in [0.05, 0.1) is 12.6 Å². The van der Waals surface area contributed by atoms with Crippen molar-refractivity contribution in [3.05, 3.63) is 77.6 Å². The fourth-order valence-electron chi connectivity index (χ4n) is 4.79. The quantitative estimate of drug-likeness (QED) is 0.297. The molecule has 2 heterocycles. The second-order valence-electron chi connectivity index (χ2n) is 9.30. The number of aromatic nitrogens is 3. The second kappa shape index (κ2) is 7.63. The zero-order valence-corrected chi connectivity index (χ0v) is 19.7. The molecule has 4 nitrogen and oxygen atoms in total. The Hall–Kier alpha value is -3.40. The van der Waals surface area contributed by atoms with Gasteiger partial charge in [0.2, 0.25) is 0 Å². The molecule has 0 aliphatic rings. The zero-order chi connectivity index (χ0) is 22.6. The van der Waals surface area contributed by atoms with E-state index in [1.54, 1.807) is 0 Å². The Morgan fingerprint density at radius 1 is 0.906 bits per heavy atom. The van der Waals surface area contributed by atoms with Gasteiger partial charge in [-0.05, 0) is 48.1 Å². The highest BCUT2D eigenvalue weighted by molar-refractivity contribution is 6.07. The van der Waals surface area contributed by atoms with Gasteiger partial charge in [0.1, 0.15) is 11.2 Å². The molecule has 0 aliphatic carbocycles. The molecule has 0 unspecified atom stereocenters. The van der Waals surface area contributed by atoms with E-state index in [9.17, 15) is 0 Å². The summed E-state index contributed by atoms with van der Waals surface area (Å²) in [5.74, 6) is 1.67. The first kappa shape index (κ1) is 20.5. The van der Waals surface area contributed by atoms with Crippen LogP contribution in [0.1, 0.15) is 56.2 Å². The lowest BCUT2D eigenvalue weighted by molar-refractivity contribution is -0.660. The molecule has 5 rings (SSSR count). The van der Waals surface area contributed by atoms with Gasteiger partial charge in [0.15, 0.2) is 5.69 Å². The van der Waals surface area contributed by atoms with Crippen molar-refractivity contribution in [1.29, 1.82) is 0 Å². The van der Waals surface area contributed by atoms with Crippen LogP contribution in [0.15, 0.2) is 65.3 Å². The van der Waals surface area contributed by atoms with Gasteiger partial charge >= 0.3 is 0 Å². The van der Waals surface area contributed by atoms with Gasteiger partial charge in [-0.25, -0.2) is 4.57 Å². The second-order valence-corrected chi connectivity index (χ2v) is 9.30. The number of hydrogen-bond donors (Lipinski definition) is 0. The minimum atomic E-state index is 0.269. The van der Waals surface area contributed by atoms with Crippen LogP contribution < -0.4 is 4.57 Å². The van der Waals surface area contributed by atoms with E-state index in [1.807, 2.05) is 12.4 Å². The summed E-state index contributed by atoms with van der Waals surface area (Å²) in [5.41, 5.74) is 7.94. The third kappa shape index (κ3) is 3.05. The van der Waals surface area contributed by atoms with Crippen LogP contribution in [-0.4, -0.2) is 9.78 Å². The Kier molecular flexibility index (Phi) is 4.89. The van der Waals surface area contributed by atoms with E-state index in [2.05, 4.69) is 99.4 Å². The van der Waals surface area contributed by atoms with Crippen LogP contribution in [0.5, 0.6) is 0 Å². The molecular formula is C28H30N3O+. The first-order valence-electron chi connectivity index (χ1n) is 11.4. The number of hydrogen-bond acceptors (Lipinski definition) is 2. The largest absolute Gasteiger partial charge is 0.456 e. The summed E-state index contributed by atoms with van der Waals surface area (Å²) in [6.45, 7) is 11.2. The minimum absolute atomic E-state index is 0.269.